The molecule has 0 saturated heterocycles. The molecule has 160 valence electrons. The van der Waals surface area contributed by atoms with Crippen molar-refractivity contribution in [3.63, 3.8) is 0 Å². The summed E-state index contributed by atoms with van der Waals surface area (Å²) in [5, 5.41) is 2.68. The minimum atomic E-state index is -4.19. The van der Waals surface area contributed by atoms with Crippen molar-refractivity contribution >= 4 is 27.3 Å². The quantitative estimate of drug-likeness (QED) is 0.644. The number of anilines is 2. The SMILES string of the molecule is COc1cccc(NC(=O)c2ccc(F)c(S(=O)(=O)N3CCCc4ccccc43)c2)c1. The van der Waals surface area contributed by atoms with Gasteiger partial charge in [0.25, 0.3) is 15.9 Å². The average Bonchev–Trinajstić information content (AvgIpc) is 2.78. The number of ether oxygens (including phenoxy) is 1. The number of nitrogens with zero attached hydrogens (tertiary/aromatic N) is 1. The van der Waals surface area contributed by atoms with Crippen LogP contribution in [-0.2, 0) is 16.4 Å². The Morgan fingerprint density at radius 1 is 1.06 bits per heavy atom. The molecule has 0 saturated carbocycles. The van der Waals surface area contributed by atoms with Gasteiger partial charge in [0.2, 0.25) is 0 Å². The van der Waals surface area contributed by atoms with E-state index in [1.54, 1.807) is 36.4 Å². The first-order chi connectivity index (χ1) is 14.9. The maximum Gasteiger partial charge on any atom is 0.267 e. The second kappa shape index (κ2) is 8.39. The lowest BCUT2D eigenvalue weighted by molar-refractivity contribution is 0.102. The molecule has 1 aliphatic heterocycles. The third-order valence-corrected chi connectivity index (χ3v) is 6.98. The van der Waals surface area contributed by atoms with Gasteiger partial charge in [-0.3, -0.25) is 9.10 Å². The van der Waals surface area contributed by atoms with Crippen LogP contribution in [0.1, 0.15) is 22.3 Å². The number of amides is 1. The van der Waals surface area contributed by atoms with Gasteiger partial charge in [-0.15, -0.1) is 0 Å². The fourth-order valence-corrected chi connectivity index (χ4v) is 5.25. The van der Waals surface area contributed by atoms with Crippen molar-refractivity contribution in [3.8, 4) is 5.75 Å². The number of methoxy groups -OCH3 is 1. The molecule has 1 N–H and O–H groups in total. The lowest BCUT2D eigenvalue weighted by Gasteiger charge is -2.30. The van der Waals surface area contributed by atoms with Crippen LogP contribution < -0.4 is 14.4 Å². The highest BCUT2D eigenvalue weighted by molar-refractivity contribution is 7.92. The molecule has 6 nitrogen and oxygen atoms in total. The zero-order valence-corrected chi connectivity index (χ0v) is 17.7. The number of hydrogen-bond donors (Lipinski definition) is 1. The van der Waals surface area contributed by atoms with Crippen LogP contribution in [0.2, 0.25) is 0 Å². The van der Waals surface area contributed by atoms with Crippen molar-refractivity contribution in [2.24, 2.45) is 0 Å². The molecule has 1 heterocycles. The van der Waals surface area contributed by atoms with Gasteiger partial charge in [-0.25, -0.2) is 12.8 Å². The van der Waals surface area contributed by atoms with Crippen LogP contribution in [0.4, 0.5) is 15.8 Å². The summed E-state index contributed by atoms with van der Waals surface area (Å²) in [6.45, 7) is 0.249. The number of hydrogen-bond acceptors (Lipinski definition) is 4. The molecule has 8 heteroatoms. The maximum atomic E-state index is 14.6. The van der Waals surface area contributed by atoms with Gasteiger partial charge in [-0.1, -0.05) is 24.3 Å². The molecule has 3 aromatic carbocycles. The smallest absolute Gasteiger partial charge is 0.267 e. The van der Waals surface area contributed by atoms with Gasteiger partial charge < -0.3 is 10.1 Å². The fourth-order valence-electron chi connectivity index (χ4n) is 3.61. The summed E-state index contributed by atoms with van der Waals surface area (Å²) >= 11 is 0. The standard InChI is InChI=1S/C23H21FN2O4S/c1-30-19-9-4-8-18(15-19)25-23(27)17-11-12-20(24)22(14-17)31(28,29)26-13-5-7-16-6-2-3-10-21(16)26/h2-4,6,8-12,14-15H,5,7,13H2,1H3,(H,25,27). The average molecular weight is 440 g/mol. The van der Waals surface area contributed by atoms with Crippen molar-refractivity contribution in [1.29, 1.82) is 0 Å². The van der Waals surface area contributed by atoms with Crippen LogP contribution in [0, 0.1) is 5.82 Å². The number of sulfonamides is 1. The van der Waals surface area contributed by atoms with Crippen molar-refractivity contribution in [3.05, 3.63) is 83.7 Å². The summed E-state index contributed by atoms with van der Waals surface area (Å²) in [4.78, 5) is 12.2. The van der Waals surface area contributed by atoms with E-state index in [4.69, 9.17) is 4.74 Å². The van der Waals surface area contributed by atoms with Gasteiger partial charge in [-0.05, 0) is 54.8 Å². The Bertz CT molecular complexity index is 1240. The van der Waals surface area contributed by atoms with Crippen LogP contribution in [0.25, 0.3) is 0 Å². The van der Waals surface area contributed by atoms with E-state index in [0.29, 0.717) is 23.5 Å². The van der Waals surface area contributed by atoms with E-state index in [0.717, 1.165) is 24.1 Å². The number of nitrogens with one attached hydrogen (secondary N) is 1. The van der Waals surface area contributed by atoms with Crippen LogP contribution in [0.5, 0.6) is 5.75 Å². The zero-order chi connectivity index (χ0) is 22.0. The Labute approximate surface area is 180 Å². The number of halogens is 1. The van der Waals surface area contributed by atoms with Crippen molar-refractivity contribution in [1.82, 2.24) is 0 Å². The molecule has 0 fully saturated rings. The predicted molar refractivity (Wildman–Crippen MR) is 117 cm³/mol. The van der Waals surface area contributed by atoms with Gasteiger partial charge >= 0.3 is 0 Å². The molecule has 0 unspecified atom stereocenters. The fraction of sp³-hybridized carbons (Fsp3) is 0.174. The first-order valence-corrected chi connectivity index (χ1v) is 11.2. The molecular weight excluding hydrogens is 419 g/mol. The third kappa shape index (κ3) is 4.11. The van der Waals surface area contributed by atoms with Crippen LogP contribution >= 0.6 is 0 Å². The molecule has 0 radical (unpaired) electrons. The molecule has 3 aromatic rings. The summed E-state index contributed by atoms with van der Waals surface area (Å²) in [5.74, 6) is -0.895. The van der Waals surface area contributed by atoms with Gasteiger partial charge in [0.1, 0.15) is 16.5 Å². The number of carbonyl (C=O) groups excluding carboxylic acids is 1. The maximum absolute atomic E-state index is 14.6. The van der Waals surface area contributed by atoms with Crippen molar-refractivity contribution < 1.29 is 22.3 Å². The van der Waals surface area contributed by atoms with E-state index in [9.17, 15) is 17.6 Å². The monoisotopic (exact) mass is 440 g/mol. The third-order valence-electron chi connectivity index (χ3n) is 5.16. The summed E-state index contributed by atoms with van der Waals surface area (Å²) in [7, 11) is -2.68. The van der Waals surface area contributed by atoms with Crippen LogP contribution in [0.15, 0.2) is 71.6 Å². The van der Waals surface area contributed by atoms with E-state index < -0.39 is 26.6 Å². The zero-order valence-electron chi connectivity index (χ0n) is 16.8. The van der Waals surface area contributed by atoms with E-state index in [2.05, 4.69) is 5.32 Å². The highest BCUT2D eigenvalue weighted by Crippen LogP contribution is 2.33. The summed E-state index contributed by atoms with van der Waals surface area (Å²) in [6.07, 6.45) is 1.39. The first kappa shape index (κ1) is 20.9. The summed E-state index contributed by atoms with van der Waals surface area (Å²) < 4.78 is 47.6. The Balaban J connectivity index is 1.67. The second-order valence-electron chi connectivity index (χ2n) is 7.14. The van der Waals surface area contributed by atoms with Crippen molar-refractivity contribution in [2.45, 2.75) is 17.7 Å². The van der Waals surface area contributed by atoms with E-state index in [1.807, 2.05) is 12.1 Å². The lowest BCUT2D eigenvalue weighted by Crippen LogP contribution is -2.36. The Hall–Kier alpha value is -3.39. The normalized spacial score (nSPS) is 13.4. The van der Waals surface area contributed by atoms with Gasteiger partial charge in [-0.2, -0.15) is 0 Å². The minimum Gasteiger partial charge on any atom is -0.497 e. The number of rotatable bonds is 5. The Morgan fingerprint density at radius 2 is 1.87 bits per heavy atom. The van der Waals surface area contributed by atoms with E-state index in [-0.39, 0.29) is 12.1 Å². The summed E-state index contributed by atoms with van der Waals surface area (Å²) in [6, 6.07) is 17.3. The molecule has 0 aromatic heterocycles. The molecule has 0 spiro atoms. The topological polar surface area (TPSA) is 75.7 Å². The molecule has 0 aliphatic carbocycles. The molecular formula is C23H21FN2O4S. The van der Waals surface area contributed by atoms with E-state index >= 15 is 0 Å². The van der Waals surface area contributed by atoms with Crippen LogP contribution in [0.3, 0.4) is 0 Å². The molecule has 1 amide bonds. The number of fused-ring (bicyclic) bond motifs is 1. The highest BCUT2D eigenvalue weighted by atomic mass is 32.2. The Kier molecular flexibility index (Phi) is 5.65. The van der Waals surface area contributed by atoms with Gasteiger partial charge in [0.05, 0.1) is 12.8 Å². The van der Waals surface area contributed by atoms with E-state index in [1.165, 1.54) is 17.5 Å². The van der Waals surface area contributed by atoms with Crippen molar-refractivity contribution in [2.75, 3.05) is 23.3 Å². The van der Waals surface area contributed by atoms with Crippen LogP contribution in [-0.4, -0.2) is 28.0 Å². The van der Waals surface area contributed by atoms with Gasteiger partial charge in [0, 0.05) is 23.9 Å². The predicted octanol–water partition coefficient (Wildman–Crippen LogP) is 4.23. The highest BCUT2D eigenvalue weighted by Gasteiger charge is 2.31. The first-order valence-electron chi connectivity index (χ1n) is 9.76. The van der Waals surface area contributed by atoms with Gasteiger partial charge in [0.15, 0.2) is 0 Å². The second-order valence-corrected chi connectivity index (χ2v) is 8.97. The largest absolute Gasteiger partial charge is 0.497 e. The number of aryl methyl sites for hydroxylation is 1. The Morgan fingerprint density at radius 3 is 2.68 bits per heavy atom. The molecule has 4 rings (SSSR count). The molecule has 0 bridgehead atoms. The summed E-state index contributed by atoms with van der Waals surface area (Å²) in [5.41, 5.74) is 1.94. The number of carbonyl (C=O) groups is 1. The lowest BCUT2D eigenvalue weighted by atomic mass is 10.0. The molecule has 0 atom stereocenters. The number of benzene rings is 3. The molecule has 1 aliphatic rings. The number of para-hydroxylation sites is 1. The molecule has 31 heavy (non-hydrogen) atoms. The minimum absolute atomic E-state index is 0.0353.